The summed E-state index contributed by atoms with van der Waals surface area (Å²) in [5.41, 5.74) is 0.654. The first-order valence-corrected chi connectivity index (χ1v) is 6.28. The van der Waals surface area contributed by atoms with E-state index in [9.17, 15) is 4.79 Å². The molecule has 7 heteroatoms. The molecule has 0 spiro atoms. The van der Waals surface area contributed by atoms with Crippen molar-refractivity contribution in [1.82, 2.24) is 10.1 Å². The zero-order valence-electron chi connectivity index (χ0n) is 11.2. The van der Waals surface area contributed by atoms with Gasteiger partial charge in [-0.25, -0.2) is 0 Å². The third-order valence-corrected chi connectivity index (χ3v) is 2.97. The second-order valence-electron chi connectivity index (χ2n) is 4.42. The molecule has 0 aliphatic rings. The van der Waals surface area contributed by atoms with Crippen LogP contribution in [0.2, 0.25) is 0 Å². The Hall–Kier alpha value is -2.83. The van der Waals surface area contributed by atoms with Gasteiger partial charge in [0.2, 0.25) is 11.7 Å². The van der Waals surface area contributed by atoms with Crippen LogP contribution in [0.3, 0.4) is 0 Å². The number of nitrogens with zero attached hydrogens (tertiary/aromatic N) is 2. The average Bonchev–Trinajstić information content (AvgIpc) is 3.10. The molecule has 0 fully saturated rings. The Kier molecular flexibility index (Phi) is 3.31. The van der Waals surface area contributed by atoms with E-state index in [0.29, 0.717) is 22.9 Å². The molecule has 0 saturated carbocycles. The van der Waals surface area contributed by atoms with Crippen LogP contribution in [0.1, 0.15) is 12.3 Å². The van der Waals surface area contributed by atoms with Crippen molar-refractivity contribution >= 4 is 16.9 Å². The fourth-order valence-electron chi connectivity index (χ4n) is 1.92. The van der Waals surface area contributed by atoms with E-state index < -0.39 is 5.97 Å². The van der Waals surface area contributed by atoms with Crippen molar-refractivity contribution in [2.75, 3.05) is 7.11 Å². The van der Waals surface area contributed by atoms with Crippen molar-refractivity contribution in [1.29, 1.82) is 0 Å². The van der Waals surface area contributed by atoms with Crippen molar-refractivity contribution in [2.24, 2.45) is 0 Å². The van der Waals surface area contributed by atoms with E-state index in [4.69, 9.17) is 18.8 Å². The number of carboxylic acid groups (broad SMARTS) is 1. The Bertz CT molecular complexity index is 790. The molecule has 3 aromatic rings. The summed E-state index contributed by atoms with van der Waals surface area (Å²) in [7, 11) is 1.58. The maximum absolute atomic E-state index is 10.5. The summed E-state index contributed by atoms with van der Waals surface area (Å²) < 4.78 is 15.8. The first-order valence-electron chi connectivity index (χ1n) is 6.28. The third-order valence-electron chi connectivity index (χ3n) is 2.97. The van der Waals surface area contributed by atoms with Gasteiger partial charge < -0.3 is 18.8 Å². The van der Waals surface area contributed by atoms with Crippen molar-refractivity contribution in [3.63, 3.8) is 0 Å². The van der Waals surface area contributed by atoms with Gasteiger partial charge in [-0.2, -0.15) is 4.98 Å². The summed E-state index contributed by atoms with van der Waals surface area (Å²) >= 11 is 0. The van der Waals surface area contributed by atoms with E-state index in [1.165, 1.54) is 0 Å². The maximum Gasteiger partial charge on any atom is 0.303 e. The Morgan fingerprint density at radius 1 is 1.38 bits per heavy atom. The van der Waals surface area contributed by atoms with Crippen molar-refractivity contribution < 1.29 is 23.6 Å². The number of carbonyl (C=O) groups is 1. The minimum atomic E-state index is -0.911. The van der Waals surface area contributed by atoms with E-state index in [1.54, 1.807) is 19.2 Å². The van der Waals surface area contributed by atoms with Crippen LogP contribution in [-0.4, -0.2) is 28.3 Å². The van der Waals surface area contributed by atoms with Gasteiger partial charge in [0.05, 0.1) is 13.5 Å². The molecule has 1 aromatic carbocycles. The van der Waals surface area contributed by atoms with Gasteiger partial charge in [-0.3, -0.25) is 4.79 Å². The summed E-state index contributed by atoms with van der Waals surface area (Å²) in [6.07, 6.45) is 0.134. The number of rotatable bonds is 5. The highest BCUT2D eigenvalue weighted by Crippen LogP contribution is 2.28. The molecule has 0 aliphatic carbocycles. The van der Waals surface area contributed by atoms with Crippen molar-refractivity contribution in [3.05, 3.63) is 30.2 Å². The van der Waals surface area contributed by atoms with Crippen LogP contribution in [0.4, 0.5) is 0 Å². The third kappa shape index (κ3) is 2.71. The minimum Gasteiger partial charge on any atom is -0.497 e. The number of hydrogen-bond donors (Lipinski definition) is 1. The Labute approximate surface area is 119 Å². The number of furan rings is 1. The average molecular weight is 288 g/mol. The van der Waals surface area contributed by atoms with Crippen LogP contribution < -0.4 is 4.74 Å². The highest BCUT2D eigenvalue weighted by molar-refractivity contribution is 5.82. The minimum absolute atomic E-state index is 0.0566. The van der Waals surface area contributed by atoms with Gasteiger partial charge in [-0.15, -0.1) is 0 Å². The second kappa shape index (κ2) is 5.28. The largest absolute Gasteiger partial charge is 0.497 e. The van der Waals surface area contributed by atoms with E-state index in [1.807, 2.05) is 12.1 Å². The molecule has 0 aliphatic heterocycles. The standard InChI is InChI=1S/C14H12N2O5/c1-19-9-3-2-8-6-11(20-10(8)7-9)14-15-12(21-16-14)4-5-13(17)18/h2-3,6-7H,4-5H2,1H3,(H,17,18). The van der Waals surface area contributed by atoms with Crippen LogP contribution in [-0.2, 0) is 11.2 Å². The number of aryl methyl sites for hydroxylation is 1. The molecule has 2 heterocycles. The number of aromatic nitrogens is 2. The highest BCUT2D eigenvalue weighted by atomic mass is 16.5. The van der Waals surface area contributed by atoms with Crippen molar-refractivity contribution in [3.8, 4) is 17.3 Å². The summed E-state index contributed by atoms with van der Waals surface area (Å²) in [5.74, 6) is 0.809. The summed E-state index contributed by atoms with van der Waals surface area (Å²) in [6, 6.07) is 7.26. The van der Waals surface area contributed by atoms with E-state index >= 15 is 0 Å². The predicted molar refractivity (Wildman–Crippen MR) is 72.0 cm³/mol. The van der Waals surface area contributed by atoms with Gasteiger partial charge >= 0.3 is 5.97 Å². The zero-order valence-corrected chi connectivity index (χ0v) is 11.2. The number of aliphatic carboxylic acids is 1. The normalized spacial score (nSPS) is 10.9. The quantitative estimate of drug-likeness (QED) is 0.770. The molecule has 0 amide bonds. The smallest absolute Gasteiger partial charge is 0.303 e. The van der Waals surface area contributed by atoms with Crippen LogP contribution in [0.25, 0.3) is 22.6 Å². The molecule has 0 saturated heterocycles. The lowest BCUT2D eigenvalue weighted by atomic mass is 10.2. The second-order valence-corrected chi connectivity index (χ2v) is 4.42. The predicted octanol–water partition coefficient (Wildman–Crippen LogP) is 2.51. The van der Waals surface area contributed by atoms with Gasteiger partial charge in [0, 0.05) is 17.9 Å². The fourth-order valence-corrected chi connectivity index (χ4v) is 1.92. The lowest BCUT2D eigenvalue weighted by Gasteiger charge is -1.96. The Morgan fingerprint density at radius 2 is 2.24 bits per heavy atom. The van der Waals surface area contributed by atoms with Gasteiger partial charge in [0.25, 0.3) is 0 Å². The monoisotopic (exact) mass is 288 g/mol. The number of fused-ring (bicyclic) bond motifs is 1. The summed E-state index contributed by atoms with van der Waals surface area (Å²) in [4.78, 5) is 14.6. The molecule has 0 bridgehead atoms. The van der Waals surface area contributed by atoms with E-state index in [0.717, 1.165) is 5.39 Å². The van der Waals surface area contributed by atoms with Crippen LogP contribution in [0.15, 0.2) is 33.2 Å². The van der Waals surface area contributed by atoms with Crippen LogP contribution in [0.5, 0.6) is 5.75 Å². The SMILES string of the molecule is COc1ccc2cc(-c3noc(CCC(=O)O)n3)oc2c1. The lowest BCUT2D eigenvalue weighted by molar-refractivity contribution is -0.137. The van der Waals surface area contributed by atoms with Crippen LogP contribution >= 0.6 is 0 Å². The number of ether oxygens (including phenoxy) is 1. The number of carboxylic acids is 1. The molecule has 2 aromatic heterocycles. The molecule has 1 N–H and O–H groups in total. The first-order chi connectivity index (χ1) is 10.2. The molecule has 21 heavy (non-hydrogen) atoms. The fraction of sp³-hybridized carbons (Fsp3) is 0.214. The molecule has 0 radical (unpaired) electrons. The van der Waals surface area contributed by atoms with Gasteiger partial charge in [-0.1, -0.05) is 5.16 Å². The van der Waals surface area contributed by atoms with Gasteiger partial charge in [0.1, 0.15) is 11.3 Å². The molecule has 7 nitrogen and oxygen atoms in total. The Balaban J connectivity index is 1.88. The van der Waals surface area contributed by atoms with Crippen molar-refractivity contribution in [2.45, 2.75) is 12.8 Å². The molecular weight excluding hydrogens is 276 g/mol. The maximum atomic E-state index is 10.5. The number of methoxy groups -OCH3 is 1. The number of benzene rings is 1. The molecule has 3 rings (SSSR count). The highest BCUT2D eigenvalue weighted by Gasteiger charge is 2.14. The molecular formula is C14H12N2O5. The van der Waals surface area contributed by atoms with E-state index in [-0.39, 0.29) is 18.7 Å². The van der Waals surface area contributed by atoms with Gasteiger partial charge in [-0.05, 0) is 18.2 Å². The van der Waals surface area contributed by atoms with Gasteiger partial charge in [0.15, 0.2) is 5.76 Å². The zero-order chi connectivity index (χ0) is 14.8. The Morgan fingerprint density at radius 3 is 3.00 bits per heavy atom. The molecule has 108 valence electrons. The van der Waals surface area contributed by atoms with E-state index in [2.05, 4.69) is 10.1 Å². The molecule has 0 unspecified atom stereocenters. The summed E-state index contributed by atoms with van der Waals surface area (Å²) in [6.45, 7) is 0. The van der Waals surface area contributed by atoms with Crippen LogP contribution in [0, 0.1) is 0 Å². The molecule has 0 atom stereocenters. The number of hydrogen-bond acceptors (Lipinski definition) is 6. The lowest BCUT2D eigenvalue weighted by Crippen LogP contribution is -1.97. The summed E-state index contributed by atoms with van der Waals surface area (Å²) in [5, 5.41) is 13.3. The first kappa shape index (κ1) is 13.2. The topological polar surface area (TPSA) is 98.6 Å².